The van der Waals surface area contributed by atoms with E-state index in [4.69, 9.17) is 14.4 Å². The van der Waals surface area contributed by atoms with E-state index in [1.54, 1.807) is 11.3 Å². The molecule has 1 aliphatic rings. The highest BCUT2D eigenvalue weighted by Gasteiger charge is 2.25. The summed E-state index contributed by atoms with van der Waals surface area (Å²) in [5.74, 6) is 1.53. The zero-order valence-electron chi connectivity index (χ0n) is 15.2. The van der Waals surface area contributed by atoms with Crippen molar-refractivity contribution >= 4 is 45.1 Å². The first-order chi connectivity index (χ1) is 13.8. The molecule has 3 aromatic heterocycles. The molecular weight excluding hydrogens is 390 g/mol. The van der Waals surface area contributed by atoms with Crippen LogP contribution in [0.2, 0.25) is 0 Å². The molecule has 6 nitrogen and oxygen atoms in total. The Morgan fingerprint density at radius 3 is 3.18 bits per heavy atom. The van der Waals surface area contributed by atoms with Crippen LogP contribution in [0.3, 0.4) is 0 Å². The number of nitrogens with one attached hydrogen (secondary N) is 1. The van der Waals surface area contributed by atoms with E-state index in [2.05, 4.69) is 46.0 Å². The van der Waals surface area contributed by atoms with Gasteiger partial charge in [0.2, 0.25) is 0 Å². The number of thiophene rings is 1. The molecule has 3 N–H and O–H groups in total. The maximum absolute atomic E-state index is 5.37. The molecule has 0 bridgehead atoms. The molecule has 28 heavy (non-hydrogen) atoms. The molecule has 0 amide bonds. The van der Waals surface area contributed by atoms with Crippen LogP contribution < -0.4 is 10.5 Å². The highest BCUT2D eigenvalue weighted by molar-refractivity contribution is 7.92. The second-order valence-corrected chi connectivity index (χ2v) is 8.54. The summed E-state index contributed by atoms with van der Waals surface area (Å²) in [5.41, 5.74) is 2.95. The predicted molar refractivity (Wildman–Crippen MR) is 116 cm³/mol. The van der Waals surface area contributed by atoms with Crippen molar-refractivity contribution in [1.82, 2.24) is 14.6 Å². The number of nitrogens with two attached hydrogens (primary N) is 1. The second-order valence-electron chi connectivity index (χ2n) is 7.17. The number of fused-ring (bicyclic) bond motifs is 2. The SMILES string of the molecule is NSOCC1CCC(Nc2ccnc3cc(-c4cccc5sccc45)nn23)C1. The molecule has 1 aromatic carbocycles. The first kappa shape index (κ1) is 17.9. The summed E-state index contributed by atoms with van der Waals surface area (Å²) in [5, 5.41) is 17.3. The lowest BCUT2D eigenvalue weighted by Gasteiger charge is -2.15. The molecule has 2 unspecified atom stereocenters. The fraction of sp³-hybridized carbons (Fsp3) is 0.300. The standard InChI is InChI=1S/C20H21N5OS2/c21-28-26-12-13-4-5-14(10-13)23-19-6-8-22-20-11-17(24-25(19)20)15-2-1-3-18-16(15)7-9-27-18/h1-3,6-9,11,13-14,23H,4-5,10,12,21H2. The van der Waals surface area contributed by atoms with Crippen molar-refractivity contribution in [1.29, 1.82) is 0 Å². The van der Waals surface area contributed by atoms with E-state index in [1.165, 1.54) is 10.1 Å². The van der Waals surface area contributed by atoms with Crippen LogP contribution in [0.4, 0.5) is 5.82 Å². The lowest BCUT2D eigenvalue weighted by Crippen LogP contribution is -2.18. The van der Waals surface area contributed by atoms with Crippen molar-refractivity contribution in [3.05, 3.63) is 48.0 Å². The summed E-state index contributed by atoms with van der Waals surface area (Å²) in [6.07, 6.45) is 5.19. The van der Waals surface area contributed by atoms with E-state index < -0.39 is 0 Å². The minimum Gasteiger partial charge on any atom is -0.367 e. The molecular formula is C20H21N5OS2. The first-order valence-corrected chi connectivity index (χ1v) is 11.1. The summed E-state index contributed by atoms with van der Waals surface area (Å²) in [7, 11) is 0. The molecule has 144 valence electrons. The average molecular weight is 412 g/mol. The van der Waals surface area contributed by atoms with Crippen LogP contribution in [0.5, 0.6) is 0 Å². The molecule has 0 spiro atoms. The van der Waals surface area contributed by atoms with Gasteiger partial charge in [-0.05, 0) is 48.8 Å². The van der Waals surface area contributed by atoms with Gasteiger partial charge in [-0.2, -0.15) is 9.61 Å². The molecule has 1 saturated carbocycles. The smallest absolute Gasteiger partial charge is 0.157 e. The van der Waals surface area contributed by atoms with Crippen LogP contribution >= 0.6 is 23.6 Å². The van der Waals surface area contributed by atoms with Crippen molar-refractivity contribution in [2.24, 2.45) is 11.1 Å². The van der Waals surface area contributed by atoms with E-state index in [-0.39, 0.29) is 0 Å². The van der Waals surface area contributed by atoms with Gasteiger partial charge >= 0.3 is 0 Å². The monoisotopic (exact) mass is 411 g/mol. The summed E-state index contributed by atoms with van der Waals surface area (Å²) < 4.78 is 8.50. The van der Waals surface area contributed by atoms with E-state index >= 15 is 0 Å². The molecule has 2 atom stereocenters. The maximum atomic E-state index is 5.37. The molecule has 1 aliphatic carbocycles. The second kappa shape index (κ2) is 7.71. The fourth-order valence-corrected chi connectivity index (χ4v) is 5.14. The normalized spacial score (nSPS) is 19.6. The van der Waals surface area contributed by atoms with Gasteiger partial charge in [0, 0.05) is 34.0 Å². The van der Waals surface area contributed by atoms with E-state index in [9.17, 15) is 0 Å². The maximum Gasteiger partial charge on any atom is 0.157 e. The Kier molecular flexibility index (Phi) is 4.94. The van der Waals surface area contributed by atoms with Crippen molar-refractivity contribution < 1.29 is 4.18 Å². The van der Waals surface area contributed by atoms with Gasteiger partial charge in [-0.3, -0.25) is 5.14 Å². The number of aromatic nitrogens is 3. The number of benzene rings is 1. The van der Waals surface area contributed by atoms with E-state index in [0.29, 0.717) is 18.6 Å². The minimum atomic E-state index is 0.412. The van der Waals surface area contributed by atoms with Crippen molar-refractivity contribution in [3.8, 4) is 11.3 Å². The number of rotatable bonds is 6. The molecule has 0 radical (unpaired) electrons. The van der Waals surface area contributed by atoms with Gasteiger partial charge in [-0.1, -0.05) is 12.1 Å². The van der Waals surface area contributed by atoms with Crippen LogP contribution in [0.1, 0.15) is 19.3 Å². The van der Waals surface area contributed by atoms with Crippen LogP contribution in [0.25, 0.3) is 27.0 Å². The highest BCUT2D eigenvalue weighted by atomic mass is 32.2. The molecule has 8 heteroatoms. The Labute approximate surface area is 171 Å². The number of nitrogens with zero attached hydrogens (tertiary/aromatic N) is 3. The first-order valence-electron chi connectivity index (χ1n) is 9.38. The zero-order chi connectivity index (χ0) is 18.9. The Morgan fingerprint density at radius 2 is 2.25 bits per heavy atom. The van der Waals surface area contributed by atoms with Gasteiger partial charge in [0.05, 0.1) is 24.5 Å². The van der Waals surface area contributed by atoms with E-state index in [1.807, 2.05) is 16.8 Å². The molecule has 0 aliphatic heterocycles. The topological polar surface area (TPSA) is 77.5 Å². The Balaban J connectivity index is 1.43. The van der Waals surface area contributed by atoms with Crippen LogP contribution in [-0.4, -0.2) is 27.2 Å². The largest absolute Gasteiger partial charge is 0.367 e. The van der Waals surface area contributed by atoms with Gasteiger partial charge in [-0.15, -0.1) is 11.3 Å². The molecule has 3 heterocycles. The van der Waals surface area contributed by atoms with Gasteiger partial charge in [0.1, 0.15) is 5.82 Å². The molecule has 1 fully saturated rings. The predicted octanol–water partition coefficient (Wildman–Crippen LogP) is 4.73. The zero-order valence-corrected chi connectivity index (χ0v) is 16.9. The molecule has 0 saturated heterocycles. The fourth-order valence-electron chi connectivity index (χ4n) is 4.06. The number of hydrogen-bond acceptors (Lipinski definition) is 7. The van der Waals surface area contributed by atoms with Crippen LogP contribution in [0, 0.1) is 5.92 Å². The summed E-state index contributed by atoms with van der Waals surface area (Å²) >= 11 is 2.71. The number of hydrogen-bond donors (Lipinski definition) is 2. The number of anilines is 1. The molecule has 5 rings (SSSR count). The summed E-state index contributed by atoms with van der Waals surface area (Å²) in [4.78, 5) is 4.51. The quantitative estimate of drug-likeness (QED) is 0.353. The third kappa shape index (κ3) is 3.37. The van der Waals surface area contributed by atoms with Crippen LogP contribution in [-0.2, 0) is 4.18 Å². The van der Waals surface area contributed by atoms with Gasteiger partial charge < -0.3 is 9.50 Å². The summed E-state index contributed by atoms with van der Waals surface area (Å²) in [6.45, 7) is 0.710. The third-order valence-corrected chi connectivity index (χ3v) is 6.55. The Morgan fingerprint density at radius 1 is 1.29 bits per heavy atom. The van der Waals surface area contributed by atoms with E-state index in [0.717, 1.165) is 54.2 Å². The van der Waals surface area contributed by atoms with Gasteiger partial charge in [0.25, 0.3) is 0 Å². The van der Waals surface area contributed by atoms with Crippen molar-refractivity contribution in [2.75, 3.05) is 11.9 Å². The van der Waals surface area contributed by atoms with Crippen molar-refractivity contribution in [2.45, 2.75) is 25.3 Å². The Hall–Kier alpha value is -2.13. The average Bonchev–Trinajstić information content (AvgIpc) is 3.45. The minimum absolute atomic E-state index is 0.412. The van der Waals surface area contributed by atoms with Gasteiger partial charge in [-0.25, -0.2) is 4.98 Å². The van der Waals surface area contributed by atoms with Crippen LogP contribution in [0.15, 0.2) is 48.0 Å². The Bertz CT molecular complexity index is 1110. The third-order valence-electron chi connectivity index (χ3n) is 5.39. The highest BCUT2D eigenvalue weighted by Crippen LogP contribution is 2.32. The van der Waals surface area contributed by atoms with Gasteiger partial charge in [0.15, 0.2) is 5.65 Å². The molecule has 4 aromatic rings. The lowest BCUT2D eigenvalue weighted by molar-refractivity contribution is 0.290. The summed E-state index contributed by atoms with van der Waals surface area (Å²) in [6, 6.07) is 13.0. The van der Waals surface area contributed by atoms with Crippen molar-refractivity contribution in [3.63, 3.8) is 0 Å². The lowest BCUT2D eigenvalue weighted by atomic mass is 10.1.